The molecule has 2 unspecified atom stereocenters. The van der Waals surface area contributed by atoms with Gasteiger partial charge in [-0.2, -0.15) is 26.3 Å². The van der Waals surface area contributed by atoms with Gasteiger partial charge in [-0.05, 0) is 85.4 Å². The minimum absolute atomic E-state index is 0. The number of thioether (sulfide) groups is 2. The Labute approximate surface area is 319 Å². The van der Waals surface area contributed by atoms with Crippen LogP contribution in [0.25, 0.3) is 9.81 Å². The maximum Gasteiger partial charge on any atom is 1.00 e. The summed E-state index contributed by atoms with van der Waals surface area (Å²) >= 11 is 1.94. The first kappa shape index (κ1) is 39.3. The monoisotopic (exact) mass is 752 g/mol. The zero-order valence-electron chi connectivity index (χ0n) is 25.5. The fraction of sp³-hybridized carbons (Fsp3) is 0.310. The van der Waals surface area contributed by atoms with Gasteiger partial charge in [0, 0.05) is 21.0 Å². The van der Waals surface area contributed by atoms with Gasteiger partial charge in [-0.1, -0.05) is 24.3 Å². The van der Waals surface area contributed by atoms with Crippen LogP contribution in [0.5, 0.6) is 0 Å². The molecule has 1 saturated carbocycles. The molecular weight excluding hydrogens is 733 g/mol. The molecule has 6 rings (SSSR count). The van der Waals surface area contributed by atoms with E-state index in [0.717, 1.165) is 47.8 Å². The second-order valence-corrected chi connectivity index (χ2v) is 17.0. The summed E-state index contributed by atoms with van der Waals surface area (Å²) in [7, 11) is -9.66. The molecule has 18 heteroatoms. The molecule has 0 radical (unpaired) electrons. The largest absolute Gasteiger partial charge is 1.00 e. The van der Waals surface area contributed by atoms with Gasteiger partial charge in [-0.3, -0.25) is 0 Å². The molecule has 4 aliphatic rings. The van der Waals surface area contributed by atoms with Gasteiger partial charge in [0.2, 0.25) is 0 Å². The Bertz CT molecular complexity index is 1930. The number of allylic oxidation sites excluding steroid dienone is 4. The van der Waals surface area contributed by atoms with Crippen molar-refractivity contribution in [3.63, 3.8) is 0 Å². The van der Waals surface area contributed by atoms with E-state index in [1.165, 1.54) is 52.0 Å². The average molecular weight is 753 g/mol. The molecule has 240 valence electrons. The van der Waals surface area contributed by atoms with E-state index in [-0.39, 0.29) is 91.2 Å². The first-order valence-corrected chi connectivity index (χ1v) is 17.5. The molecule has 2 atom stereocenters. The van der Waals surface area contributed by atoms with E-state index in [0.29, 0.717) is 0 Å². The van der Waals surface area contributed by atoms with Gasteiger partial charge in [-0.25, -0.2) is 16.8 Å². The molecule has 0 saturated heterocycles. The molecule has 1 fully saturated rings. The summed E-state index contributed by atoms with van der Waals surface area (Å²) in [5.41, 5.74) is -3.22. The third-order valence-corrected chi connectivity index (χ3v) is 14.2. The van der Waals surface area contributed by atoms with Crippen molar-refractivity contribution in [2.24, 2.45) is 0 Å². The van der Waals surface area contributed by atoms with Crippen molar-refractivity contribution in [2.45, 2.75) is 64.7 Å². The van der Waals surface area contributed by atoms with Crippen LogP contribution < -0.4 is 59.1 Å². The first-order valence-electron chi connectivity index (χ1n) is 13.0. The van der Waals surface area contributed by atoms with E-state index in [9.17, 15) is 25.9 Å². The van der Waals surface area contributed by atoms with Crippen molar-refractivity contribution in [1.29, 1.82) is 0 Å². The summed E-state index contributed by atoms with van der Waals surface area (Å²) in [6, 6.07) is 9.01. The standard InChI is InChI=1S/C29H22F6O6S4.2Na/c1-13-19-21-22(28(32,33)29(34,35)27(21,30)31)20-14(2)24(16-7-11-18(12-8-16)45(39,40)41)43-26(20,4)25(19,3)42-23(13)15-5-9-17(10-6-15)44(36,37)38;;/h5-12H,1-4H3,(H,36,37,38)(H,39,40,41);;/q;2*+1/p-2. The number of hydrogen-bond donors (Lipinski definition) is 0. The van der Waals surface area contributed by atoms with Crippen molar-refractivity contribution in [2.75, 3.05) is 0 Å². The van der Waals surface area contributed by atoms with Gasteiger partial charge in [0.05, 0.1) is 19.3 Å². The molecule has 0 spiro atoms. The molecule has 0 bridgehead atoms. The number of rotatable bonds is 4. The predicted octanol–water partition coefficient (Wildman–Crippen LogP) is 1.20. The number of benzene rings is 2. The van der Waals surface area contributed by atoms with Crippen molar-refractivity contribution < 1.29 is 111 Å². The summed E-state index contributed by atoms with van der Waals surface area (Å²) in [5, 5.41) is 0. The maximum absolute atomic E-state index is 15.8. The van der Waals surface area contributed by atoms with Crippen molar-refractivity contribution in [1.82, 2.24) is 0 Å². The molecule has 47 heavy (non-hydrogen) atoms. The molecule has 2 aromatic carbocycles. The van der Waals surface area contributed by atoms with E-state index in [1.54, 1.807) is 0 Å². The Kier molecular flexibility index (Phi) is 9.84. The van der Waals surface area contributed by atoms with Crippen LogP contribution in [0.4, 0.5) is 26.3 Å². The van der Waals surface area contributed by atoms with E-state index < -0.39 is 79.6 Å². The molecule has 2 heterocycles. The van der Waals surface area contributed by atoms with Crippen LogP contribution in [0.3, 0.4) is 0 Å². The fourth-order valence-electron chi connectivity index (χ4n) is 6.62. The minimum atomic E-state index is -5.79. The third kappa shape index (κ3) is 5.21. The number of hydrogen-bond acceptors (Lipinski definition) is 8. The van der Waals surface area contributed by atoms with E-state index in [1.807, 2.05) is 0 Å². The minimum Gasteiger partial charge on any atom is -0.744 e. The Morgan fingerprint density at radius 2 is 0.830 bits per heavy atom. The number of fused-ring (bicyclic) bond motifs is 4. The average Bonchev–Trinajstić information content (AvgIpc) is 3.40. The fourth-order valence-corrected chi connectivity index (χ4v) is 10.9. The number of alkyl halides is 6. The van der Waals surface area contributed by atoms with Crippen LogP contribution in [0.1, 0.15) is 38.8 Å². The van der Waals surface area contributed by atoms with E-state index >= 15 is 26.3 Å². The van der Waals surface area contributed by atoms with Gasteiger partial charge in [-0.15, -0.1) is 23.5 Å². The summed E-state index contributed by atoms with van der Waals surface area (Å²) in [5.74, 6) is -16.4. The van der Waals surface area contributed by atoms with E-state index in [4.69, 9.17) is 0 Å². The summed E-state index contributed by atoms with van der Waals surface area (Å²) in [6.45, 7) is 5.66. The van der Waals surface area contributed by atoms with Crippen LogP contribution >= 0.6 is 23.5 Å². The maximum atomic E-state index is 15.8. The second kappa shape index (κ2) is 11.8. The van der Waals surface area contributed by atoms with Crippen LogP contribution in [0.15, 0.2) is 91.8 Å². The quantitative estimate of drug-likeness (QED) is 0.261. The van der Waals surface area contributed by atoms with E-state index in [2.05, 4.69) is 0 Å². The molecular formula is C29H20F6Na2O6S4. The summed E-state index contributed by atoms with van der Waals surface area (Å²) in [4.78, 5) is -0.653. The molecule has 0 aromatic heterocycles. The molecule has 0 amide bonds. The Balaban J connectivity index is 0.00000250. The normalized spacial score (nSPS) is 27.3. The van der Waals surface area contributed by atoms with Crippen LogP contribution in [-0.4, -0.2) is 53.2 Å². The molecule has 2 aliphatic heterocycles. The third-order valence-electron chi connectivity index (χ3n) is 8.89. The molecule has 6 nitrogen and oxygen atoms in total. The van der Waals surface area contributed by atoms with Crippen LogP contribution in [0.2, 0.25) is 0 Å². The zero-order chi connectivity index (χ0) is 33.5. The van der Waals surface area contributed by atoms with Crippen LogP contribution in [0, 0.1) is 0 Å². The van der Waals surface area contributed by atoms with Gasteiger partial charge >= 0.3 is 76.9 Å². The topological polar surface area (TPSA) is 114 Å². The predicted molar refractivity (Wildman–Crippen MR) is 155 cm³/mol. The smallest absolute Gasteiger partial charge is 0.744 e. The summed E-state index contributed by atoms with van der Waals surface area (Å²) < 4.78 is 159. The van der Waals surface area contributed by atoms with Gasteiger partial charge in [0.25, 0.3) is 0 Å². The number of halogens is 6. The first-order chi connectivity index (χ1) is 20.4. The Morgan fingerprint density at radius 3 is 1.09 bits per heavy atom. The van der Waals surface area contributed by atoms with Crippen molar-refractivity contribution in [3.8, 4) is 0 Å². The van der Waals surface area contributed by atoms with Gasteiger partial charge in [0.15, 0.2) is 0 Å². The van der Waals surface area contributed by atoms with Crippen molar-refractivity contribution in [3.05, 3.63) is 93.1 Å². The Morgan fingerprint density at radius 1 is 0.553 bits per heavy atom. The molecule has 2 aliphatic carbocycles. The van der Waals surface area contributed by atoms with Gasteiger partial charge in [0.1, 0.15) is 20.2 Å². The Hall–Kier alpha value is -0.500. The van der Waals surface area contributed by atoms with Crippen LogP contribution in [-0.2, 0) is 20.2 Å². The second-order valence-electron chi connectivity index (χ2n) is 11.4. The van der Waals surface area contributed by atoms with Gasteiger partial charge < -0.3 is 9.11 Å². The zero-order valence-corrected chi connectivity index (χ0v) is 32.7. The van der Waals surface area contributed by atoms with Crippen molar-refractivity contribution >= 4 is 53.6 Å². The SMILES string of the molecule is CC1=C(c2ccc(S(=O)(=O)[O-])cc2)SC2(C)C1=C1C(=C3C(C)=C(c4ccc(S(=O)(=O)[O-])cc4)SC32C)C(F)(F)C(F)(F)C1(F)F.[Na+].[Na+]. The summed E-state index contributed by atoms with van der Waals surface area (Å²) in [6.07, 6.45) is 0. The molecule has 2 aromatic rings. The molecule has 0 N–H and O–H groups in total.